The standard InChI is InChI=1S/C26H27N5O5/c27-24-23(25(33)29-26(34)31(24)15-17-7-2-1-3-8-17)30(16-18-9-6-14-35-18)22(32)13-12-21-28-19-10-4-5-11-20(19)36-21/h1-5,7-8,10-11,18H,6,9,12-16,27H2,(H,29,33,34)/t18-/m1/s1. The Kier molecular flexibility index (Phi) is 6.68. The smallest absolute Gasteiger partial charge is 0.330 e. The monoisotopic (exact) mass is 489 g/mol. The molecule has 1 amide bonds. The number of carbonyl (C=O) groups excluding carboxylic acids is 1. The molecule has 0 unspecified atom stereocenters. The summed E-state index contributed by atoms with van der Waals surface area (Å²) in [5.74, 6) is 0.0215. The van der Waals surface area contributed by atoms with Gasteiger partial charge in [-0.05, 0) is 30.5 Å². The van der Waals surface area contributed by atoms with Gasteiger partial charge in [0.1, 0.15) is 11.3 Å². The molecule has 3 heterocycles. The lowest BCUT2D eigenvalue weighted by Gasteiger charge is -2.26. The first kappa shape index (κ1) is 23.6. The minimum atomic E-state index is -0.713. The Hall–Kier alpha value is -4.18. The average molecular weight is 490 g/mol. The van der Waals surface area contributed by atoms with Crippen molar-refractivity contribution >= 4 is 28.5 Å². The van der Waals surface area contributed by atoms with Gasteiger partial charge in [0, 0.05) is 19.4 Å². The van der Waals surface area contributed by atoms with Crippen LogP contribution in [0.15, 0.2) is 68.6 Å². The van der Waals surface area contributed by atoms with Gasteiger partial charge in [0.05, 0.1) is 19.2 Å². The summed E-state index contributed by atoms with van der Waals surface area (Å²) in [6.07, 6.45) is 1.69. The highest BCUT2D eigenvalue weighted by Gasteiger charge is 2.29. The predicted octanol–water partition coefficient (Wildman–Crippen LogP) is 2.45. The number of nitrogen functional groups attached to an aromatic ring is 1. The van der Waals surface area contributed by atoms with Crippen LogP contribution in [0.5, 0.6) is 0 Å². The van der Waals surface area contributed by atoms with Crippen molar-refractivity contribution in [3.8, 4) is 0 Å². The lowest BCUT2D eigenvalue weighted by molar-refractivity contribution is -0.119. The fraction of sp³-hybridized carbons (Fsp3) is 0.308. The largest absolute Gasteiger partial charge is 0.441 e. The summed E-state index contributed by atoms with van der Waals surface area (Å²) >= 11 is 0. The van der Waals surface area contributed by atoms with Crippen LogP contribution in [0.4, 0.5) is 11.5 Å². The van der Waals surface area contributed by atoms with Crippen molar-refractivity contribution in [3.05, 3.63) is 86.9 Å². The van der Waals surface area contributed by atoms with Crippen molar-refractivity contribution in [2.75, 3.05) is 23.8 Å². The van der Waals surface area contributed by atoms with Gasteiger partial charge in [-0.1, -0.05) is 42.5 Å². The van der Waals surface area contributed by atoms with E-state index in [9.17, 15) is 14.4 Å². The molecular formula is C26H27N5O5. The molecule has 5 rings (SSSR count). The zero-order chi connectivity index (χ0) is 25.1. The zero-order valence-corrected chi connectivity index (χ0v) is 19.7. The molecule has 0 saturated carbocycles. The van der Waals surface area contributed by atoms with Gasteiger partial charge in [-0.2, -0.15) is 0 Å². The SMILES string of the molecule is Nc1c(N(C[C@H]2CCCO2)C(=O)CCc2nc3ccccc3o2)c(=O)[nH]c(=O)n1Cc1ccccc1. The van der Waals surface area contributed by atoms with Gasteiger partial charge in [0.2, 0.25) is 5.91 Å². The first-order valence-corrected chi connectivity index (χ1v) is 11.9. The normalized spacial score (nSPS) is 15.4. The number of para-hydroxylation sites is 2. The number of nitrogens with one attached hydrogen (secondary N) is 1. The Bertz CT molecular complexity index is 1450. The molecule has 1 aliphatic rings. The highest BCUT2D eigenvalue weighted by atomic mass is 16.5. The lowest BCUT2D eigenvalue weighted by Crippen LogP contribution is -2.44. The van der Waals surface area contributed by atoms with Crippen molar-refractivity contribution in [2.24, 2.45) is 0 Å². The molecule has 10 heteroatoms. The molecule has 0 radical (unpaired) electrons. The van der Waals surface area contributed by atoms with Crippen molar-refractivity contribution in [3.63, 3.8) is 0 Å². The van der Waals surface area contributed by atoms with Gasteiger partial charge in [-0.3, -0.25) is 19.1 Å². The van der Waals surface area contributed by atoms with Crippen LogP contribution in [-0.4, -0.2) is 39.7 Å². The second-order valence-corrected chi connectivity index (χ2v) is 8.78. The van der Waals surface area contributed by atoms with E-state index in [0.29, 0.717) is 23.6 Å². The molecule has 0 bridgehead atoms. The number of anilines is 2. The van der Waals surface area contributed by atoms with E-state index >= 15 is 0 Å². The quantitative estimate of drug-likeness (QED) is 0.388. The van der Waals surface area contributed by atoms with Crippen LogP contribution >= 0.6 is 0 Å². The third-order valence-electron chi connectivity index (χ3n) is 6.27. The highest BCUT2D eigenvalue weighted by Crippen LogP contribution is 2.23. The van der Waals surface area contributed by atoms with E-state index in [1.807, 2.05) is 54.6 Å². The molecule has 1 fully saturated rings. The second-order valence-electron chi connectivity index (χ2n) is 8.78. The third-order valence-corrected chi connectivity index (χ3v) is 6.27. The van der Waals surface area contributed by atoms with Crippen LogP contribution in [0, 0.1) is 0 Å². The number of benzene rings is 2. The van der Waals surface area contributed by atoms with Crippen molar-refractivity contribution in [1.29, 1.82) is 0 Å². The van der Waals surface area contributed by atoms with E-state index in [-0.39, 0.29) is 49.4 Å². The Morgan fingerprint density at radius 2 is 1.92 bits per heavy atom. The number of oxazole rings is 1. The Balaban J connectivity index is 1.45. The molecule has 186 valence electrons. The first-order chi connectivity index (χ1) is 17.5. The summed E-state index contributed by atoms with van der Waals surface area (Å²) in [6.45, 7) is 0.901. The number of aromatic nitrogens is 3. The number of nitrogens with two attached hydrogens (primary N) is 1. The zero-order valence-electron chi connectivity index (χ0n) is 19.7. The molecule has 2 aromatic carbocycles. The number of aromatic amines is 1. The first-order valence-electron chi connectivity index (χ1n) is 11.9. The Morgan fingerprint density at radius 3 is 2.67 bits per heavy atom. The Morgan fingerprint density at radius 1 is 1.14 bits per heavy atom. The summed E-state index contributed by atoms with van der Waals surface area (Å²) < 4.78 is 12.7. The summed E-state index contributed by atoms with van der Waals surface area (Å²) in [6, 6.07) is 16.6. The molecule has 0 aliphatic carbocycles. The van der Waals surface area contributed by atoms with Gasteiger partial charge in [-0.15, -0.1) is 0 Å². The summed E-state index contributed by atoms with van der Waals surface area (Å²) in [5, 5.41) is 0. The number of hydrogen-bond donors (Lipinski definition) is 2. The Labute approximate surface area is 206 Å². The fourth-order valence-electron chi connectivity index (χ4n) is 4.45. The van der Waals surface area contributed by atoms with E-state index in [1.165, 1.54) is 9.47 Å². The second kappa shape index (κ2) is 10.2. The van der Waals surface area contributed by atoms with E-state index in [2.05, 4.69) is 9.97 Å². The van der Waals surface area contributed by atoms with Crippen molar-refractivity contribution < 1.29 is 13.9 Å². The summed E-state index contributed by atoms with van der Waals surface area (Å²) in [5.41, 5.74) is 7.17. The molecule has 3 N–H and O–H groups in total. The van der Waals surface area contributed by atoms with Crippen LogP contribution < -0.4 is 21.9 Å². The van der Waals surface area contributed by atoms with Crippen LogP contribution in [0.3, 0.4) is 0 Å². The van der Waals surface area contributed by atoms with Gasteiger partial charge < -0.3 is 19.8 Å². The molecule has 1 saturated heterocycles. The molecule has 10 nitrogen and oxygen atoms in total. The van der Waals surface area contributed by atoms with Crippen molar-refractivity contribution in [2.45, 2.75) is 38.3 Å². The third kappa shape index (κ3) is 4.94. The van der Waals surface area contributed by atoms with E-state index in [0.717, 1.165) is 18.4 Å². The van der Waals surface area contributed by atoms with Gasteiger partial charge in [0.25, 0.3) is 5.56 Å². The maximum absolute atomic E-state index is 13.5. The maximum atomic E-state index is 13.5. The van der Waals surface area contributed by atoms with Gasteiger partial charge in [0.15, 0.2) is 17.2 Å². The predicted molar refractivity (Wildman–Crippen MR) is 135 cm³/mol. The molecule has 0 spiro atoms. The van der Waals surface area contributed by atoms with E-state index in [4.69, 9.17) is 14.9 Å². The van der Waals surface area contributed by atoms with Crippen LogP contribution in [-0.2, 0) is 22.5 Å². The highest BCUT2D eigenvalue weighted by molar-refractivity contribution is 5.95. The number of rotatable bonds is 8. The summed E-state index contributed by atoms with van der Waals surface area (Å²) in [4.78, 5) is 47.2. The molecule has 36 heavy (non-hydrogen) atoms. The molecular weight excluding hydrogens is 462 g/mol. The minimum absolute atomic E-state index is 0.0379. The van der Waals surface area contributed by atoms with Crippen LogP contribution in [0.2, 0.25) is 0 Å². The van der Waals surface area contributed by atoms with E-state index in [1.54, 1.807) is 0 Å². The van der Waals surface area contributed by atoms with Gasteiger partial charge >= 0.3 is 5.69 Å². The number of ether oxygens (including phenoxy) is 1. The maximum Gasteiger partial charge on any atom is 0.330 e. The van der Waals surface area contributed by atoms with Gasteiger partial charge in [-0.25, -0.2) is 9.78 Å². The lowest BCUT2D eigenvalue weighted by atomic mass is 10.2. The van der Waals surface area contributed by atoms with Crippen LogP contribution in [0.25, 0.3) is 11.1 Å². The van der Waals surface area contributed by atoms with E-state index < -0.39 is 11.2 Å². The number of amides is 1. The number of hydrogen-bond acceptors (Lipinski definition) is 7. The average Bonchev–Trinajstić information content (AvgIpc) is 3.54. The number of fused-ring (bicyclic) bond motifs is 1. The molecule has 4 aromatic rings. The molecule has 1 atom stereocenters. The minimum Gasteiger partial charge on any atom is -0.441 e. The van der Waals surface area contributed by atoms with Crippen LogP contribution in [0.1, 0.15) is 30.7 Å². The number of carbonyl (C=O) groups is 1. The fourth-order valence-corrected chi connectivity index (χ4v) is 4.45. The molecule has 2 aromatic heterocycles. The molecule has 1 aliphatic heterocycles. The number of aryl methyl sites for hydroxylation is 1. The number of H-pyrrole nitrogens is 1. The summed E-state index contributed by atoms with van der Waals surface area (Å²) in [7, 11) is 0. The van der Waals surface area contributed by atoms with Crippen molar-refractivity contribution in [1.82, 2.24) is 14.5 Å². The topological polar surface area (TPSA) is 136 Å². The number of nitrogens with zero attached hydrogens (tertiary/aromatic N) is 3.